The molecule has 0 atom stereocenters. The molecule has 2 heterocycles. The van der Waals surface area contributed by atoms with Crippen molar-refractivity contribution in [1.29, 1.82) is 0 Å². The van der Waals surface area contributed by atoms with Crippen molar-refractivity contribution in [1.82, 2.24) is 9.97 Å². The number of hydrogen-bond acceptors (Lipinski definition) is 3. The number of nitrogens with zero attached hydrogens (tertiary/aromatic N) is 2. The molecule has 0 bridgehead atoms. The molecule has 3 aromatic rings. The summed E-state index contributed by atoms with van der Waals surface area (Å²) in [5, 5.41) is 0.0874. The molecular formula is C15H10ClFN2O. The Morgan fingerprint density at radius 1 is 1.10 bits per heavy atom. The fourth-order valence-corrected chi connectivity index (χ4v) is 2.01. The molecule has 0 saturated heterocycles. The first-order chi connectivity index (χ1) is 9.72. The first kappa shape index (κ1) is 12.8. The van der Waals surface area contributed by atoms with Gasteiger partial charge in [-0.05, 0) is 29.8 Å². The van der Waals surface area contributed by atoms with E-state index in [0.29, 0.717) is 12.4 Å². The van der Waals surface area contributed by atoms with Crippen LogP contribution in [0.2, 0.25) is 5.02 Å². The van der Waals surface area contributed by atoms with Gasteiger partial charge in [-0.2, -0.15) is 0 Å². The summed E-state index contributed by atoms with van der Waals surface area (Å²) >= 11 is 5.72. The maximum absolute atomic E-state index is 13.0. The Bertz CT molecular complexity index is 764. The highest BCUT2D eigenvalue weighted by Gasteiger charge is 2.03. The van der Waals surface area contributed by atoms with Gasteiger partial charge in [0.15, 0.2) is 0 Å². The zero-order valence-corrected chi connectivity index (χ0v) is 11.1. The van der Waals surface area contributed by atoms with Crippen LogP contribution >= 0.6 is 11.6 Å². The second kappa shape index (κ2) is 5.43. The van der Waals surface area contributed by atoms with Crippen LogP contribution in [0.4, 0.5) is 4.39 Å². The van der Waals surface area contributed by atoms with E-state index >= 15 is 0 Å². The molecule has 0 N–H and O–H groups in total. The summed E-state index contributed by atoms with van der Waals surface area (Å²) in [6.45, 7) is 0.292. The van der Waals surface area contributed by atoms with Crippen LogP contribution in [-0.4, -0.2) is 9.97 Å². The zero-order valence-electron chi connectivity index (χ0n) is 10.4. The van der Waals surface area contributed by atoms with Gasteiger partial charge < -0.3 is 4.74 Å². The molecule has 0 unspecified atom stereocenters. The average Bonchev–Trinajstić information content (AvgIpc) is 2.48. The van der Waals surface area contributed by atoms with Crippen molar-refractivity contribution in [3.8, 4) is 5.75 Å². The van der Waals surface area contributed by atoms with Crippen LogP contribution in [0.25, 0.3) is 11.0 Å². The van der Waals surface area contributed by atoms with E-state index < -0.39 is 5.82 Å². The minimum Gasteiger partial charge on any atom is -0.487 e. The molecule has 5 heteroatoms. The van der Waals surface area contributed by atoms with Crippen LogP contribution in [0.3, 0.4) is 0 Å². The van der Waals surface area contributed by atoms with Gasteiger partial charge in [0.05, 0.1) is 22.3 Å². The largest absolute Gasteiger partial charge is 0.487 e. The van der Waals surface area contributed by atoms with E-state index in [-0.39, 0.29) is 5.02 Å². The lowest BCUT2D eigenvalue weighted by Crippen LogP contribution is -1.97. The van der Waals surface area contributed by atoms with Crippen molar-refractivity contribution in [2.24, 2.45) is 0 Å². The first-order valence-corrected chi connectivity index (χ1v) is 6.38. The number of benzene rings is 1. The maximum Gasteiger partial charge on any atom is 0.141 e. The van der Waals surface area contributed by atoms with Gasteiger partial charge in [0.1, 0.15) is 18.2 Å². The molecule has 3 nitrogen and oxygen atoms in total. The number of hydrogen-bond donors (Lipinski definition) is 0. The third-order valence-corrected chi connectivity index (χ3v) is 3.11. The Kier molecular flexibility index (Phi) is 3.48. The predicted molar refractivity (Wildman–Crippen MR) is 75.3 cm³/mol. The third kappa shape index (κ3) is 2.70. The number of ether oxygens (including phenoxy) is 1. The standard InChI is InChI=1S/C15H10ClFN2O/c16-12-6-10(3-4-13(12)17)9-20-11-7-15-14(19-8-11)2-1-5-18-15/h1-8H,9H2. The molecule has 0 amide bonds. The second-order valence-electron chi connectivity index (χ2n) is 4.25. The number of halogens is 2. The number of fused-ring (bicyclic) bond motifs is 1. The highest BCUT2D eigenvalue weighted by molar-refractivity contribution is 6.30. The highest BCUT2D eigenvalue weighted by Crippen LogP contribution is 2.19. The topological polar surface area (TPSA) is 35.0 Å². The summed E-state index contributed by atoms with van der Waals surface area (Å²) in [6, 6.07) is 10.0. The van der Waals surface area contributed by atoms with Gasteiger partial charge in [-0.1, -0.05) is 17.7 Å². The monoisotopic (exact) mass is 288 g/mol. The molecular weight excluding hydrogens is 279 g/mol. The van der Waals surface area contributed by atoms with Crippen molar-refractivity contribution in [2.45, 2.75) is 6.61 Å². The second-order valence-corrected chi connectivity index (χ2v) is 4.66. The van der Waals surface area contributed by atoms with Crippen LogP contribution in [0.1, 0.15) is 5.56 Å². The van der Waals surface area contributed by atoms with Crippen LogP contribution in [0.15, 0.2) is 48.8 Å². The molecule has 3 rings (SSSR count). The van der Waals surface area contributed by atoms with Crippen LogP contribution in [0, 0.1) is 5.82 Å². The molecule has 0 aliphatic heterocycles. The van der Waals surface area contributed by atoms with Crippen LogP contribution in [-0.2, 0) is 6.61 Å². The van der Waals surface area contributed by atoms with E-state index in [0.717, 1.165) is 16.6 Å². The Morgan fingerprint density at radius 2 is 2.00 bits per heavy atom. The molecule has 0 spiro atoms. The maximum atomic E-state index is 13.0. The van der Waals surface area contributed by atoms with Gasteiger partial charge in [0.25, 0.3) is 0 Å². The minimum absolute atomic E-state index is 0.0874. The lowest BCUT2D eigenvalue weighted by atomic mass is 10.2. The molecule has 0 aliphatic rings. The normalized spacial score (nSPS) is 10.7. The third-order valence-electron chi connectivity index (χ3n) is 2.82. The smallest absolute Gasteiger partial charge is 0.141 e. The Hall–Kier alpha value is -2.20. The summed E-state index contributed by atoms with van der Waals surface area (Å²) in [5.41, 5.74) is 2.37. The van der Waals surface area contributed by atoms with Gasteiger partial charge in [-0.25, -0.2) is 4.39 Å². The molecule has 2 aromatic heterocycles. The molecule has 0 aliphatic carbocycles. The van der Waals surface area contributed by atoms with Gasteiger partial charge in [0, 0.05) is 12.3 Å². The zero-order chi connectivity index (χ0) is 13.9. The number of aromatic nitrogens is 2. The Balaban J connectivity index is 1.77. The summed E-state index contributed by atoms with van der Waals surface area (Å²) in [5.74, 6) is 0.170. The van der Waals surface area contributed by atoms with E-state index in [4.69, 9.17) is 16.3 Å². The minimum atomic E-state index is -0.438. The van der Waals surface area contributed by atoms with Gasteiger partial charge >= 0.3 is 0 Å². The van der Waals surface area contributed by atoms with Crippen molar-refractivity contribution in [3.05, 3.63) is 65.2 Å². The SMILES string of the molecule is Fc1ccc(COc2cnc3cccnc3c2)cc1Cl. The van der Waals surface area contributed by atoms with Crippen molar-refractivity contribution >= 4 is 22.6 Å². The Morgan fingerprint density at radius 3 is 2.85 bits per heavy atom. The fourth-order valence-electron chi connectivity index (χ4n) is 1.81. The van der Waals surface area contributed by atoms with Crippen molar-refractivity contribution in [3.63, 3.8) is 0 Å². The predicted octanol–water partition coefficient (Wildman–Crippen LogP) is 4.00. The molecule has 20 heavy (non-hydrogen) atoms. The van der Waals surface area contributed by atoms with Crippen LogP contribution in [0.5, 0.6) is 5.75 Å². The van der Waals surface area contributed by atoms with Crippen LogP contribution < -0.4 is 4.74 Å². The fraction of sp³-hybridized carbons (Fsp3) is 0.0667. The highest BCUT2D eigenvalue weighted by atomic mass is 35.5. The van der Waals surface area contributed by atoms with E-state index in [1.807, 2.05) is 18.2 Å². The summed E-state index contributed by atoms with van der Waals surface area (Å²) < 4.78 is 18.7. The average molecular weight is 289 g/mol. The molecule has 0 radical (unpaired) electrons. The van der Waals surface area contributed by atoms with E-state index in [1.165, 1.54) is 6.07 Å². The summed E-state index contributed by atoms with van der Waals surface area (Å²) in [4.78, 5) is 8.46. The first-order valence-electron chi connectivity index (χ1n) is 6.00. The summed E-state index contributed by atoms with van der Waals surface area (Å²) in [6.07, 6.45) is 3.34. The molecule has 100 valence electrons. The lowest BCUT2D eigenvalue weighted by Gasteiger charge is -2.07. The van der Waals surface area contributed by atoms with Gasteiger partial charge in [-0.15, -0.1) is 0 Å². The van der Waals surface area contributed by atoms with E-state index in [1.54, 1.807) is 24.5 Å². The molecule has 0 saturated carbocycles. The summed E-state index contributed by atoms with van der Waals surface area (Å²) in [7, 11) is 0. The van der Waals surface area contributed by atoms with E-state index in [9.17, 15) is 4.39 Å². The molecule has 1 aromatic carbocycles. The number of rotatable bonds is 3. The van der Waals surface area contributed by atoms with Crippen molar-refractivity contribution < 1.29 is 9.13 Å². The number of pyridine rings is 2. The van der Waals surface area contributed by atoms with Crippen molar-refractivity contribution in [2.75, 3.05) is 0 Å². The Labute approximate surface area is 120 Å². The molecule has 0 fully saturated rings. The van der Waals surface area contributed by atoms with Gasteiger partial charge in [0.2, 0.25) is 0 Å². The van der Waals surface area contributed by atoms with E-state index in [2.05, 4.69) is 9.97 Å². The lowest BCUT2D eigenvalue weighted by molar-refractivity contribution is 0.305. The quantitative estimate of drug-likeness (QED) is 0.730. The van der Waals surface area contributed by atoms with Gasteiger partial charge in [-0.3, -0.25) is 9.97 Å².